The van der Waals surface area contributed by atoms with Crippen molar-refractivity contribution in [1.82, 2.24) is 15.6 Å². The van der Waals surface area contributed by atoms with Crippen molar-refractivity contribution in [3.05, 3.63) is 23.9 Å². The maximum Gasteiger partial charge on any atom is 0.212 e. The van der Waals surface area contributed by atoms with Gasteiger partial charge in [0.15, 0.2) is 5.96 Å². The van der Waals surface area contributed by atoms with Gasteiger partial charge in [0.1, 0.15) is 0 Å². The Labute approximate surface area is 156 Å². The number of nitrogens with zero attached hydrogens (tertiary/aromatic N) is 2. The van der Waals surface area contributed by atoms with Crippen LogP contribution in [0.4, 0.5) is 0 Å². The molecule has 0 fully saturated rings. The summed E-state index contributed by atoms with van der Waals surface area (Å²) in [5.41, 5.74) is 1.08. The molecule has 1 aromatic heterocycles. The van der Waals surface area contributed by atoms with Crippen LogP contribution in [0.15, 0.2) is 23.3 Å². The number of rotatable bonds is 10. The Hall–Kier alpha value is -1.09. The average molecular weight is 436 g/mol. The van der Waals surface area contributed by atoms with E-state index in [1.54, 1.807) is 20.4 Å². The third-order valence-corrected chi connectivity index (χ3v) is 3.09. The molecular weight excluding hydrogens is 407 g/mol. The molecule has 132 valence electrons. The highest BCUT2D eigenvalue weighted by molar-refractivity contribution is 14.0. The molecule has 0 amide bonds. The molecule has 0 bridgehead atoms. The van der Waals surface area contributed by atoms with Gasteiger partial charge in [0, 0.05) is 45.6 Å². The molecule has 0 aliphatic heterocycles. The Balaban J connectivity index is 0.00000484. The number of pyridine rings is 1. The van der Waals surface area contributed by atoms with Crippen molar-refractivity contribution in [2.24, 2.45) is 4.99 Å². The van der Waals surface area contributed by atoms with Gasteiger partial charge >= 0.3 is 0 Å². The number of aliphatic imine (C=N–C) groups is 1. The van der Waals surface area contributed by atoms with E-state index in [0.29, 0.717) is 12.4 Å². The average Bonchev–Trinajstić information content (AvgIpc) is 2.57. The van der Waals surface area contributed by atoms with Crippen LogP contribution in [0.1, 0.15) is 31.7 Å². The summed E-state index contributed by atoms with van der Waals surface area (Å²) < 4.78 is 10.6. The van der Waals surface area contributed by atoms with Crippen LogP contribution in [0, 0.1) is 0 Å². The van der Waals surface area contributed by atoms with E-state index in [-0.39, 0.29) is 24.0 Å². The van der Waals surface area contributed by atoms with Crippen LogP contribution in [0.25, 0.3) is 0 Å². The van der Waals surface area contributed by atoms with E-state index in [0.717, 1.165) is 44.1 Å². The van der Waals surface area contributed by atoms with Gasteiger partial charge in [0.05, 0.1) is 7.11 Å². The highest BCUT2D eigenvalue weighted by atomic mass is 127. The molecule has 1 rings (SSSR count). The number of nitrogens with one attached hydrogen (secondary N) is 2. The first-order chi connectivity index (χ1) is 10.8. The molecule has 0 spiro atoms. The smallest absolute Gasteiger partial charge is 0.212 e. The van der Waals surface area contributed by atoms with E-state index >= 15 is 0 Å². The Morgan fingerprint density at radius 3 is 2.61 bits per heavy atom. The van der Waals surface area contributed by atoms with Crippen molar-refractivity contribution in [3.8, 4) is 5.88 Å². The van der Waals surface area contributed by atoms with Crippen LogP contribution in [0.3, 0.4) is 0 Å². The van der Waals surface area contributed by atoms with Crippen LogP contribution in [-0.4, -0.2) is 44.9 Å². The molecule has 6 nitrogen and oxygen atoms in total. The molecule has 0 saturated heterocycles. The fourth-order valence-corrected chi connectivity index (χ4v) is 1.77. The highest BCUT2D eigenvalue weighted by Crippen LogP contribution is 2.05. The standard InChI is InChI=1S/C16H28N4O2.HI/c1-4-5-10-22-11-6-9-18-16(17-2)20-13-14-7-8-15(21-3)19-12-14;/h7-8,12H,4-6,9-11,13H2,1-3H3,(H2,17,18,20);1H. The van der Waals surface area contributed by atoms with Crippen molar-refractivity contribution >= 4 is 29.9 Å². The van der Waals surface area contributed by atoms with Crippen LogP contribution >= 0.6 is 24.0 Å². The Morgan fingerprint density at radius 2 is 2.00 bits per heavy atom. The van der Waals surface area contributed by atoms with Gasteiger partial charge in [-0.25, -0.2) is 4.98 Å². The predicted molar refractivity (Wildman–Crippen MR) is 105 cm³/mol. The van der Waals surface area contributed by atoms with Crippen molar-refractivity contribution in [1.29, 1.82) is 0 Å². The maximum absolute atomic E-state index is 5.52. The Morgan fingerprint density at radius 1 is 1.22 bits per heavy atom. The summed E-state index contributed by atoms with van der Waals surface area (Å²) >= 11 is 0. The molecule has 0 aliphatic carbocycles. The van der Waals surface area contributed by atoms with E-state index in [4.69, 9.17) is 9.47 Å². The largest absolute Gasteiger partial charge is 0.481 e. The van der Waals surface area contributed by atoms with Crippen LogP contribution in [0.2, 0.25) is 0 Å². The number of methoxy groups -OCH3 is 1. The molecule has 0 radical (unpaired) electrons. The van der Waals surface area contributed by atoms with Gasteiger partial charge in [-0.2, -0.15) is 0 Å². The zero-order chi connectivity index (χ0) is 16.0. The third-order valence-electron chi connectivity index (χ3n) is 3.09. The molecule has 0 saturated carbocycles. The molecule has 1 heterocycles. The number of guanidine groups is 1. The molecule has 7 heteroatoms. The number of halogens is 1. The summed E-state index contributed by atoms with van der Waals surface area (Å²) in [5, 5.41) is 6.52. The van der Waals surface area contributed by atoms with E-state index in [1.165, 1.54) is 6.42 Å². The van der Waals surface area contributed by atoms with Gasteiger partial charge in [-0.05, 0) is 18.4 Å². The molecule has 23 heavy (non-hydrogen) atoms. The fraction of sp³-hybridized carbons (Fsp3) is 0.625. The fourth-order valence-electron chi connectivity index (χ4n) is 1.77. The summed E-state index contributed by atoms with van der Waals surface area (Å²) in [6.45, 7) is 5.32. The molecular formula is C16H29IN4O2. The quantitative estimate of drug-likeness (QED) is 0.256. The van der Waals surface area contributed by atoms with Crippen molar-refractivity contribution < 1.29 is 9.47 Å². The summed E-state index contributed by atoms with van der Waals surface area (Å²) in [6, 6.07) is 3.83. The molecule has 1 aromatic rings. The minimum Gasteiger partial charge on any atom is -0.481 e. The SMILES string of the molecule is CCCCOCCCNC(=NC)NCc1ccc(OC)nc1.I. The summed E-state index contributed by atoms with van der Waals surface area (Å²) in [6.07, 6.45) is 5.07. The number of aromatic nitrogens is 1. The predicted octanol–water partition coefficient (Wildman–Crippen LogP) is 2.58. The van der Waals surface area contributed by atoms with E-state index < -0.39 is 0 Å². The second-order valence-corrected chi connectivity index (χ2v) is 4.88. The minimum absolute atomic E-state index is 0. The van der Waals surface area contributed by atoms with Crippen LogP contribution in [0.5, 0.6) is 5.88 Å². The number of hydrogen-bond acceptors (Lipinski definition) is 4. The monoisotopic (exact) mass is 436 g/mol. The lowest BCUT2D eigenvalue weighted by Gasteiger charge is -2.12. The molecule has 0 unspecified atom stereocenters. The van der Waals surface area contributed by atoms with Crippen LogP contribution < -0.4 is 15.4 Å². The van der Waals surface area contributed by atoms with Crippen molar-refractivity contribution in [2.45, 2.75) is 32.7 Å². The first kappa shape index (κ1) is 21.9. The topological polar surface area (TPSA) is 67.8 Å². The van der Waals surface area contributed by atoms with Gasteiger partial charge in [-0.1, -0.05) is 19.4 Å². The van der Waals surface area contributed by atoms with Gasteiger partial charge in [0.2, 0.25) is 5.88 Å². The summed E-state index contributed by atoms with van der Waals surface area (Å²) in [4.78, 5) is 8.37. The second kappa shape index (κ2) is 14.5. The van der Waals surface area contributed by atoms with E-state index in [2.05, 4.69) is 27.5 Å². The lowest BCUT2D eigenvalue weighted by molar-refractivity contribution is 0.129. The van der Waals surface area contributed by atoms with E-state index in [1.807, 2.05) is 12.1 Å². The van der Waals surface area contributed by atoms with Crippen LogP contribution in [-0.2, 0) is 11.3 Å². The van der Waals surface area contributed by atoms with Gasteiger partial charge in [0.25, 0.3) is 0 Å². The normalized spacial score (nSPS) is 10.8. The molecule has 0 aromatic carbocycles. The Bertz CT molecular complexity index is 427. The number of ether oxygens (including phenoxy) is 2. The zero-order valence-corrected chi connectivity index (χ0v) is 16.6. The lowest BCUT2D eigenvalue weighted by atomic mass is 10.3. The minimum atomic E-state index is 0. The maximum atomic E-state index is 5.52. The number of hydrogen-bond donors (Lipinski definition) is 2. The second-order valence-electron chi connectivity index (χ2n) is 4.88. The van der Waals surface area contributed by atoms with Gasteiger partial charge in [-0.15, -0.1) is 24.0 Å². The summed E-state index contributed by atoms with van der Waals surface area (Å²) in [7, 11) is 3.37. The van der Waals surface area contributed by atoms with Gasteiger partial charge in [-0.3, -0.25) is 4.99 Å². The zero-order valence-electron chi connectivity index (χ0n) is 14.3. The summed E-state index contributed by atoms with van der Waals surface area (Å²) in [5.74, 6) is 1.40. The highest BCUT2D eigenvalue weighted by Gasteiger charge is 1.99. The number of unbranched alkanes of at least 4 members (excludes halogenated alkanes) is 1. The van der Waals surface area contributed by atoms with E-state index in [9.17, 15) is 0 Å². The first-order valence-electron chi connectivity index (χ1n) is 7.81. The lowest BCUT2D eigenvalue weighted by Crippen LogP contribution is -2.37. The molecule has 0 atom stereocenters. The Kier molecular flexibility index (Phi) is 13.8. The third kappa shape index (κ3) is 10.3. The molecule has 2 N–H and O–H groups in total. The van der Waals surface area contributed by atoms with Crippen molar-refractivity contribution in [2.75, 3.05) is 33.9 Å². The molecule has 0 aliphatic rings. The van der Waals surface area contributed by atoms with Crippen molar-refractivity contribution in [3.63, 3.8) is 0 Å². The van der Waals surface area contributed by atoms with Gasteiger partial charge < -0.3 is 20.1 Å². The first-order valence-corrected chi connectivity index (χ1v) is 7.81.